The number of rotatable bonds is 8. The maximum atomic E-state index is 12.7. The summed E-state index contributed by atoms with van der Waals surface area (Å²) in [5, 5.41) is 8.93. The molecule has 3 aromatic rings. The van der Waals surface area contributed by atoms with Crippen LogP contribution in [0.4, 0.5) is 11.4 Å². The summed E-state index contributed by atoms with van der Waals surface area (Å²) in [6.45, 7) is -0.232. The Balaban J connectivity index is 1.29. The van der Waals surface area contributed by atoms with E-state index >= 15 is 0 Å². The molecule has 1 saturated carbocycles. The molecule has 8 heteroatoms. The Morgan fingerprint density at radius 3 is 2.17 bits per heavy atom. The van der Waals surface area contributed by atoms with Crippen LogP contribution in [0.15, 0.2) is 72.8 Å². The molecule has 3 N–H and O–H groups in total. The molecule has 0 saturated heterocycles. The zero-order valence-electron chi connectivity index (χ0n) is 19.1. The first kappa shape index (κ1) is 24.3. The molecular weight excluding hydrogens is 466 g/mol. The van der Waals surface area contributed by atoms with Gasteiger partial charge in [0.2, 0.25) is 0 Å². The van der Waals surface area contributed by atoms with Gasteiger partial charge in [0.15, 0.2) is 6.61 Å². The van der Waals surface area contributed by atoms with E-state index in [9.17, 15) is 14.4 Å². The first-order valence-electron chi connectivity index (χ1n) is 11.5. The first-order chi connectivity index (χ1) is 17.0. The van der Waals surface area contributed by atoms with Crippen LogP contribution < -0.4 is 20.7 Å². The highest BCUT2D eigenvalue weighted by Crippen LogP contribution is 2.21. The van der Waals surface area contributed by atoms with Crippen molar-refractivity contribution in [1.82, 2.24) is 5.32 Å². The fourth-order valence-electron chi connectivity index (χ4n) is 3.94. The van der Waals surface area contributed by atoms with E-state index in [0.717, 1.165) is 25.7 Å². The van der Waals surface area contributed by atoms with Crippen LogP contribution in [0.2, 0.25) is 5.02 Å². The topological polar surface area (TPSA) is 96.5 Å². The monoisotopic (exact) mass is 491 g/mol. The Hall–Kier alpha value is -3.84. The zero-order chi connectivity index (χ0) is 24.6. The van der Waals surface area contributed by atoms with Gasteiger partial charge in [-0.2, -0.15) is 0 Å². The molecule has 35 heavy (non-hydrogen) atoms. The molecule has 1 aliphatic rings. The first-order valence-corrected chi connectivity index (χ1v) is 11.9. The molecular formula is C27H26ClN3O4. The summed E-state index contributed by atoms with van der Waals surface area (Å²) in [6.07, 6.45) is 4.21. The summed E-state index contributed by atoms with van der Waals surface area (Å²) in [5.41, 5.74) is 1.80. The Labute approximate surface area is 208 Å². The second-order valence-corrected chi connectivity index (χ2v) is 8.70. The molecule has 0 aromatic heterocycles. The number of para-hydroxylation sites is 1. The fourth-order valence-corrected chi connectivity index (χ4v) is 4.16. The number of carbonyl (C=O) groups is 3. The minimum Gasteiger partial charge on any atom is -0.484 e. The largest absolute Gasteiger partial charge is 0.484 e. The van der Waals surface area contributed by atoms with Crippen molar-refractivity contribution in [1.29, 1.82) is 0 Å². The van der Waals surface area contributed by atoms with E-state index in [4.69, 9.17) is 16.3 Å². The third-order valence-electron chi connectivity index (χ3n) is 5.74. The average Bonchev–Trinajstić information content (AvgIpc) is 3.37. The van der Waals surface area contributed by atoms with Gasteiger partial charge in [-0.25, -0.2) is 0 Å². The van der Waals surface area contributed by atoms with E-state index in [1.165, 1.54) is 0 Å². The highest BCUT2D eigenvalue weighted by atomic mass is 35.5. The highest BCUT2D eigenvalue weighted by molar-refractivity contribution is 6.34. The lowest BCUT2D eigenvalue weighted by Crippen LogP contribution is -2.33. The molecule has 0 bridgehead atoms. The summed E-state index contributed by atoms with van der Waals surface area (Å²) < 4.78 is 5.57. The van der Waals surface area contributed by atoms with E-state index in [-0.39, 0.29) is 30.4 Å². The SMILES string of the molecule is O=C(COc1ccc(NC(=O)c2ccccc2Cl)cc1)Nc1ccccc1C(=O)NC1CCCC1. The van der Waals surface area contributed by atoms with Crippen molar-refractivity contribution in [3.63, 3.8) is 0 Å². The number of benzene rings is 3. The number of nitrogens with one attached hydrogen (secondary N) is 3. The predicted molar refractivity (Wildman–Crippen MR) is 136 cm³/mol. The third kappa shape index (κ3) is 6.61. The average molecular weight is 492 g/mol. The highest BCUT2D eigenvalue weighted by Gasteiger charge is 2.20. The van der Waals surface area contributed by atoms with Crippen LogP contribution in [0.25, 0.3) is 0 Å². The summed E-state index contributed by atoms with van der Waals surface area (Å²) in [6, 6.07) is 20.5. The Kier molecular flexibility index (Phi) is 8.00. The van der Waals surface area contributed by atoms with Gasteiger partial charge < -0.3 is 20.7 Å². The lowest BCUT2D eigenvalue weighted by Gasteiger charge is -2.15. The predicted octanol–water partition coefficient (Wildman–Crippen LogP) is 5.28. The number of carbonyl (C=O) groups excluding carboxylic acids is 3. The molecule has 7 nitrogen and oxygen atoms in total. The summed E-state index contributed by atoms with van der Waals surface area (Å²) in [5.74, 6) is -0.437. The lowest BCUT2D eigenvalue weighted by molar-refractivity contribution is -0.118. The van der Waals surface area contributed by atoms with Crippen LogP contribution in [0.1, 0.15) is 46.4 Å². The third-order valence-corrected chi connectivity index (χ3v) is 6.07. The smallest absolute Gasteiger partial charge is 0.262 e. The van der Waals surface area contributed by atoms with Crippen LogP contribution in [-0.2, 0) is 4.79 Å². The van der Waals surface area contributed by atoms with Crippen molar-refractivity contribution in [2.45, 2.75) is 31.7 Å². The standard InChI is InChI=1S/C27H26ClN3O4/c28-23-11-5-3-9-21(23)26(33)30-19-13-15-20(16-14-19)35-17-25(32)31-24-12-6-4-10-22(24)27(34)29-18-7-1-2-8-18/h3-6,9-16,18H,1-2,7-8,17H2,(H,29,34)(H,30,33)(H,31,32). The van der Waals surface area contributed by atoms with Crippen LogP contribution in [0, 0.1) is 0 Å². The van der Waals surface area contributed by atoms with E-state index in [1.54, 1.807) is 72.8 Å². The Bertz CT molecular complexity index is 1210. The molecule has 0 heterocycles. The number of ether oxygens (including phenoxy) is 1. The van der Waals surface area contributed by atoms with Gasteiger partial charge in [0.25, 0.3) is 17.7 Å². The molecule has 0 unspecified atom stereocenters. The number of anilines is 2. The van der Waals surface area contributed by atoms with Gasteiger partial charge in [-0.1, -0.05) is 48.7 Å². The lowest BCUT2D eigenvalue weighted by atomic mass is 10.1. The summed E-state index contributed by atoms with van der Waals surface area (Å²) >= 11 is 6.06. The van der Waals surface area contributed by atoms with Crippen LogP contribution >= 0.6 is 11.6 Å². The molecule has 0 radical (unpaired) electrons. The molecule has 4 rings (SSSR count). The van der Waals surface area contributed by atoms with Crippen molar-refractivity contribution < 1.29 is 19.1 Å². The molecule has 0 spiro atoms. The number of hydrogen-bond donors (Lipinski definition) is 3. The molecule has 0 atom stereocenters. The van der Waals surface area contributed by atoms with Crippen molar-refractivity contribution >= 4 is 40.7 Å². The van der Waals surface area contributed by atoms with Crippen molar-refractivity contribution in [2.24, 2.45) is 0 Å². The molecule has 3 aromatic carbocycles. The Morgan fingerprint density at radius 1 is 0.800 bits per heavy atom. The van der Waals surface area contributed by atoms with Gasteiger partial charge in [-0.15, -0.1) is 0 Å². The maximum Gasteiger partial charge on any atom is 0.262 e. The quantitative estimate of drug-likeness (QED) is 0.399. The summed E-state index contributed by atoms with van der Waals surface area (Å²) in [4.78, 5) is 37.5. The van der Waals surface area contributed by atoms with E-state index < -0.39 is 0 Å². The van der Waals surface area contributed by atoms with Gasteiger partial charge >= 0.3 is 0 Å². The van der Waals surface area contributed by atoms with Crippen molar-refractivity contribution in [3.05, 3.63) is 88.9 Å². The normalized spacial score (nSPS) is 13.2. The van der Waals surface area contributed by atoms with Crippen LogP contribution in [-0.4, -0.2) is 30.4 Å². The molecule has 180 valence electrons. The number of halogens is 1. The molecule has 0 aliphatic heterocycles. The van der Waals surface area contributed by atoms with Crippen LogP contribution in [0.5, 0.6) is 5.75 Å². The zero-order valence-corrected chi connectivity index (χ0v) is 19.8. The molecule has 1 fully saturated rings. The van der Waals surface area contributed by atoms with E-state index in [2.05, 4.69) is 16.0 Å². The van der Waals surface area contributed by atoms with E-state index in [0.29, 0.717) is 33.3 Å². The fraction of sp³-hybridized carbons (Fsp3) is 0.222. The maximum absolute atomic E-state index is 12.7. The van der Waals surface area contributed by atoms with Gasteiger partial charge in [0.1, 0.15) is 5.75 Å². The summed E-state index contributed by atoms with van der Waals surface area (Å²) in [7, 11) is 0. The van der Waals surface area contributed by atoms with Crippen molar-refractivity contribution in [3.8, 4) is 5.75 Å². The minimum absolute atomic E-state index is 0.187. The number of amides is 3. The second-order valence-electron chi connectivity index (χ2n) is 8.30. The van der Waals surface area contributed by atoms with E-state index in [1.807, 2.05) is 0 Å². The van der Waals surface area contributed by atoms with Crippen molar-refractivity contribution in [2.75, 3.05) is 17.2 Å². The van der Waals surface area contributed by atoms with Gasteiger partial charge in [-0.3, -0.25) is 14.4 Å². The van der Waals surface area contributed by atoms with Gasteiger partial charge in [0, 0.05) is 11.7 Å². The van der Waals surface area contributed by atoms with Gasteiger partial charge in [0.05, 0.1) is 21.8 Å². The minimum atomic E-state index is -0.387. The molecule has 3 amide bonds. The Morgan fingerprint density at radius 2 is 1.46 bits per heavy atom. The molecule has 1 aliphatic carbocycles. The van der Waals surface area contributed by atoms with Gasteiger partial charge in [-0.05, 0) is 61.4 Å². The second kappa shape index (κ2) is 11.5. The van der Waals surface area contributed by atoms with Crippen LogP contribution in [0.3, 0.4) is 0 Å². The number of hydrogen-bond acceptors (Lipinski definition) is 4.